The van der Waals surface area contributed by atoms with E-state index in [1.165, 1.54) is 36.4 Å². The summed E-state index contributed by atoms with van der Waals surface area (Å²) >= 11 is 0. The minimum absolute atomic E-state index is 0.175. The highest BCUT2D eigenvalue weighted by atomic mass is 19.4. The fraction of sp³-hybridized carbons (Fsp3) is 0.222. The number of benzene rings is 2. The Morgan fingerprint density at radius 2 is 1.75 bits per heavy atom. The Morgan fingerprint density at radius 1 is 1.11 bits per heavy atom. The predicted octanol–water partition coefficient (Wildman–Crippen LogP) is 2.37. The molecule has 0 aliphatic carbocycles. The van der Waals surface area contributed by atoms with Gasteiger partial charge in [-0.2, -0.15) is 13.2 Å². The van der Waals surface area contributed by atoms with Crippen LogP contribution >= 0.6 is 0 Å². The molecule has 0 bridgehead atoms. The molecule has 0 spiro atoms. The maximum absolute atomic E-state index is 12.8. The number of nitro groups is 1. The smallest absolute Gasteiger partial charge is 0.368 e. The molecular weight excluding hydrogens is 379 g/mol. The second kappa shape index (κ2) is 8.51. The molecule has 148 valence electrons. The van der Waals surface area contributed by atoms with E-state index in [0.717, 1.165) is 12.1 Å². The molecule has 0 heterocycles. The van der Waals surface area contributed by atoms with Crippen LogP contribution < -0.4 is 11.1 Å². The molecule has 28 heavy (non-hydrogen) atoms. The van der Waals surface area contributed by atoms with Crippen molar-refractivity contribution in [3.05, 3.63) is 75.3 Å². The van der Waals surface area contributed by atoms with E-state index in [1.807, 2.05) is 0 Å². The lowest BCUT2D eigenvalue weighted by Crippen LogP contribution is -2.46. The third kappa shape index (κ3) is 5.79. The minimum atomic E-state index is -4.54. The zero-order chi connectivity index (χ0) is 20.9. The Balaban J connectivity index is 2.09. The van der Waals surface area contributed by atoms with Crippen molar-refractivity contribution in [1.29, 1.82) is 0 Å². The zero-order valence-corrected chi connectivity index (χ0v) is 14.4. The first-order chi connectivity index (χ1) is 13.1. The molecule has 0 saturated heterocycles. The summed E-state index contributed by atoms with van der Waals surface area (Å²) in [6, 6.07) is 8.51. The molecule has 3 N–H and O–H groups in total. The summed E-state index contributed by atoms with van der Waals surface area (Å²) in [6.07, 6.45) is -5.02. The highest BCUT2D eigenvalue weighted by Crippen LogP contribution is 2.29. The van der Waals surface area contributed by atoms with Crippen LogP contribution in [0.25, 0.3) is 0 Å². The average Bonchev–Trinajstić information content (AvgIpc) is 2.60. The van der Waals surface area contributed by atoms with Gasteiger partial charge in [0.05, 0.1) is 16.9 Å². The van der Waals surface area contributed by atoms with Crippen LogP contribution in [0.3, 0.4) is 0 Å². The highest BCUT2D eigenvalue weighted by molar-refractivity contribution is 5.87. The van der Waals surface area contributed by atoms with E-state index in [0.29, 0.717) is 5.56 Å². The van der Waals surface area contributed by atoms with Crippen molar-refractivity contribution in [2.24, 2.45) is 5.73 Å². The van der Waals surface area contributed by atoms with Crippen LogP contribution in [0.4, 0.5) is 18.9 Å². The van der Waals surface area contributed by atoms with Gasteiger partial charge in [-0.3, -0.25) is 19.7 Å². The number of amides is 2. The van der Waals surface area contributed by atoms with Crippen molar-refractivity contribution in [3.8, 4) is 0 Å². The lowest BCUT2D eigenvalue weighted by molar-refractivity contribution is -0.384. The maximum Gasteiger partial charge on any atom is 0.416 e. The van der Waals surface area contributed by atoms with Crippen LogP contribution in [0.2, 0.25) is 0 Å². The van der Waals surface area contributed by atoms with Crippen LogP contribution in [0.1, 0.15) is 16.7 Å². The first-order valence-electron chi connectivity index (χ1n) is 8.04. The lowest BCUT2D eigenvalue weighted by Gasteiger charge is -2.16. The Hall–Kier alpha value is -3.43. The van der Waals surface area contributed by atoms with Crippen molar-refractivity contribution in [3.63, 3.8) is 0 Å². The van der Waals surface area contributed by atoms with Crippen LogP contribution in [0.5, 0.6) is 0 Å². The van der Waals surface area contributed by atoms with E-state index in [-0.39, 0.29) is 24.1 Å². The Bertz CT molecular complexity index is 900. The van der Waals surface area contributed by atoms with Gasteiger partial charge >= 0.3 is 6.18 Å². The molecule has 2 aromatic rings. The van der Waals surface area contributed by atoms with Gasteiger partial charge in [0, 0.05) is 18.6 Å². The van der Waals surface area contributed by atoms with Gasteiger partial charge in [0.2, 0.25) is 11.8 Å². The van der Waals surface area contributed by atoms with Crippen LogP contribution in [0, 0.1) is 10.1 Å². The molecule has 0 radical (unpaired) electrons. The number of nitro benzene ring substituents is 1. The fourth-order valence-corrected chi connectivity index (χ4v) is 2.54. The number of nitrogens with zero attached hydrogens (tertiary/aromatic N) is 1. The van der Waals surface area contributed by atoms with E-state index in [1.54, 1.807) is 0 Å². The SMILES string of the molecule is NC(=O)[C@H](Cc1cccc(C(F)(F)F)c1)NC(=O)Cc1cccc([N+](=O)[O-])c1. The van der Waals surface area contributed by atoms with E-state index in [9.17, 15) is 32.9 Å². The number of carbonyl (C=O) groups excluding carboxylic acids is 2. The third-order valence-electron chi connectivity index (χ3n) is 3.86. The molecule has 2 amide bonds. The summed E-state index contributed by atoms with van der Waals surface area (Å²) in [5, 5.41) is 13.1. The van der Waals surface area contributed by atoms with E-state index in [2.05, 4.69) is 5.32 Å². The van der Waals surface area contributed by atoms with Crippen molar-refractivity contribution in [2.75, 3.05) is 0 Å². The maximum atomic E-state index is 12.8. The van der Waals surface area contributed by atoms with E-state index < -0.39 is 34.5 Å². The van der Waals surface area contributed by atoms with Crippen molar-refractivity contribution < 1.29 is 27.7 Å². The Morgan fingerprint density at radius 3 is 2.36 bits per heavy atom. The summed E-state index contributed by atoms with van der Waals surface area (Å²) in [5.41, 5.74) is 4.69. The average molecular weight is 395 g/mol. The van der Waals surface area contributed by atoms with Crippen LogP contribution in [-0.2, 0) is 28.6 Å². The van der Waals surface area contributed by atoms with Gasteiger partial charge in [-0.05, 0) is 17.2 Å². The number of hydrogen-bond donors (Lipinski definition) is 2. The first-order valence-corrected chi connectivity index (χ1v) is 8.04. The number of hydrogen-bond acceptors (Lipinski definition) is 4. The molecule has 0 unspecified atom stereocenters. The van der Waals surface area contributed by atoms with Gasteiger partial charge in [0.25, 0.3) is 5.69 Å². The van der Waals surface area contributed by atoms with Crippen molar-refractivity contribution >= 4 is 17.5 Å². The number of carbonyl (C=O) groups is 2. The number of primary amides is 1. The Kier molecular flexibility index (Phi) is 6.34. The third-order valence-corrected chi connectivity index (χ3v) is 3.86. The molecular formula is C18H16F3N3O4. The van der Waals surface area contributed by atoms with E-state index in [4.69, 9.17) is 5.73 Å². The van der Waals surface area contributed by atoms with Gasteiger partial charge in [0.1, 0.15) is 6.04 Å². The quantitative estimate of drug-likeness (QED) is 0.553. The van der Waals surface area contributed by atoms with Crippen LogP contribution in [0.15, 0.2) is 48.5 Å². The standard InChI is InChI=1S/C18H16F3N3O4/c19-18(20,21)13-5-1-3-11(7-13)9-15(17(22)26)23-16(25)10-12-4-2-6-14(8-12)24(27)28/h1-8,15H,9-10H2,(H2,22,26)(H,23,25)/t15-/m0/s1. The van der Waals surface area contributed by atoms with Gasteiger partial charge in [0.15, 0.2) is 0 Å². The molecule has 2 aromatic carbocycles. The fourth-order valence-electron chi connectivity index (χ4n) is 2.54. The van der Waals surface area contributed by atoms with E-state index >= 15 is 0 Å². The molecule has 1 atom stereocenters. The molecule has 0 aliphatic rings. The van der Waals surface area contributed by atoms with Gasteiger partial charge in [-0.1, -0.05) is 30.3 Å². The Labute approximate surface area is 157 Å². The molecule has 0 saturated carbocycles. The number of rotatable bonds is 7. The molecule has 0 aromatic heterocycles. The number of non-ortho nitro benzene ring substituents is 1. The summed E-state index contributed by atoms with van der Waals surface area (Å²) in [6.45, 7) is 0. The zero-order valence-electron chi connectivity index (χ0n) is 14.4. The summed E-state index contributed by atoms with van der Waals surface area (Å²) < 4.78 is 38.4. The second-order valence-corrected chi connectivity index (χ2v) is 6.03. The lowest BCUT2D eigenvalue weighted by atomic mass is 10.0. The highest BCUT2D eigenvalue weighted by Gasteiger charge is 2.30. The number of alkyl halides is 3. The summed E-state index contributed by atoms with van der Waals surface area (Å²) in [7, 11) is 0. The number of halogens is 3. The van der Waals surface area contributed by atoms with Crippen LogP contribution in [-0.4, -0.2) is 22.8 Å². The topological polar surface area (TPSA) is 115 Å². The summed E-state index contributed by atoms with van der Waals surface area (Å²) in [5.74, 6) is -1.55. The molecule has 2 rings (SSSR count). The van der Waals surface area contributed by atoms with Crippen molar-refractivity contribution in [2.45, 2.75) is 25.1 Å². The minimum Gasteiger partial charge on any atom is -0.368 e. The normalized spacial score (nSPS) is 12.2. The van der Waals surface area contributed by atoms with Gasteiger partial charge < -0.3 is 11.1 Å². The first kappa shape index (κ1) is 20.9. The number of nitrogens with two attached hydrogens (primary N) is 1. The van der Waals surface area contributed by atoms with Gasteiger partial charge in [-0.15, -0.1) is 0 Å². The van der Waals surface area contributed by atoms with Crippen molar-refractivity contribution in [1.82, 2.24) is 5.32 Å². The molecule has 7 nitrogen and oxygen atoms in total. The number of nitrogens with one attached hydrogen (secondary N) is 1. The second-order valence-electron chi connectivity index (χ2n) is 6.03. The van der Waals surface area contributed by atoms with Gasteiger partial charge in [-0.25, -0.2) is 0 Å². The summed E-state index contributed by atoms with van der Waals surface area (Å²) in [4.78, 5) is 33.9. The molecule has 10 heteroatoms. The molecule has 0 fully saturated rings. The molecule has 0 aliphatic heterocycles. The largest absolute Gasteiger partial charge is 0.416 e. The monoisotopic (exact) mass is 395 g/mol. The predicted molar refractivity (Wildman–Crippen MR) is 93.1 cm³/mol.